The molecule has 5 heteroatoms. The van der Waals surface area contributed by atoms with E-state index in [1.54, 1.807) is 6.07 Å². The van der Waals surface area contributed by atoms with Gasteiger partial charge in [0.15, 0.2) is 15.8 Å². The van der Waals surface area contributed by atoms with Gasteiger partial charge in [-0.15, -0.1) is 0 Å². The highest BCUT2D eigenvalue weighted by atomic mass is 32.2. The maximum atomic E-state index is 12.7. The number of hydrogen-bond acceptors (Lipinski definition) is 2. The molecule has 0 saturated heterocycles. The third kappa shape index (κ3) is 1.50. The number of halogens is 1. The standard InChI is InChI=1S/C9H8FNO2S/c1-14(12,13)7-2-3-8-6(4-7)5-9(10)11-8/h2-5,11H,1H3. The Morgan fingerprint density at radius 3 is 2.64 bits per heavy atom. The summed E-state index contributed by atoms with van der Waals surface area (Å²) in [6, 6.07) is 5.72. The quantitative estimate of drug-likeness (QED) is 0.784. The first-order chi connectivity index (χ1) is 6.47. The van der Waals surface area contributed by atoms with E-state index < -0.39 is 15.8 Å². The summed E-state index contributed by atoms with van der Waals surface area (Å²) in [7, 11) is -3.22. The average Bonchev–Trinajstić information content (AvgIpc) is 2.41. The predicted molar refractivity (Wildman–Crippen MR) is 51.4 cm³/mol. The molecule has 0 spiro atoms. The van der Waals surface area contributed by atoms with Crippen LogP contribution in [0.25, 0.3) is 10.9 Å². The lowest BCUT2D eigenvalue weighted by Gasteiger charge is -1.96. The molecule has 74 valence electrons. The number of H-pyrrole nitrogens is 1. The number of nitrogens with one attached hydrogen (secondary N) is 1. The van der Waals surface area contributed by atoms with Crippen molar-refractivity contribution in [2.75, 3.05) is 6.26 Å². The smallest absolute Gasteiger partial charge is 0.192 e. The second-order valence-corrected chi connectivity index (χ2v) is 5.15. The van der Waals surface area contributed by atoms with Gasteiger partial charge in [-0.2, -0.15) is 4.39 Å². The van der Waals surface area contributed by atoms with E-state index in [0.29, 0.717) is 10.9 Å². The minimum absolute atomic E-state index is 0.198. The zero-order valence-corrected chi connectivity index (χ0v) is 8.23. The van der Waals surface area contributed by atoms with E-state index in [1.807, 2.05) is 0 Å². The summed E-state index contributed by atoms with van der Waals surface area (Å²) in [6.07, 6.45) is 1.12. The van der Waals surface area contributed by atoms with Crippen LogP contribution in [-0.4, -0.2) is 19.7 Å². The molecule has 2 rings (SSSR count). The molecule has 1 aromatic heterocycles. The topological polar surface area (TPSA) is 49.9 Å². The maximum Gasteiger partial charge on any atom is 0.192 e. The fraction of sp³-hybridized carbons (Fsp3) is 0.111. The molecule has 0 atom stereocenters. The Morgan fingerprint density at radius 1 is 1.29 bits per heavy atom. The SMILES string of the molecule is CS(=O)(=O)c1ccc2[nH]c(F)cc2c1. The lowest BCUT2D eigenvalue weighted by Crippen LogP contribution is -1.95. The van der Waals surface area contributed by atoms with E-state index in [4.69, 9.17) is 0 Å². The van der Waals surface area contributed by atoms with Crippen LogP contribution in [0.4, 0.5) is 4.39 Å². The Kier molecular flexibility index (Phi) is 1.85. The maximum absolute atomic E-state index is 12.7. The molecule has 3 nitrogen and oxygen atoms in total. The molecule has 0 aliphatic rings. The molecule has 0 aliphatic heterocycles. The van der Waals surface area contributed by atoms with Crippen molar-refractivity contribution in [2.45, 2.75) is 4.90 Å². The van der Waals surface area contributed by atoms with Crippen LogP contribution >= 0.6 is 0 Å². The van der Waals surface area contributed by atoms with E-state index in [9.17, 15) is 12.8 Å². The summed E-state index contributed by atoms with van der Waals surface area (Å²) < 4.78 is 35.1. The number of hydrogen-bond donors (Lipinski definition) is 1. The third-order valence-electron chi connectivity index (χ3n) is 1.99. The van der Waals surface area contributed by atoms with E-state index >= 15 is 0 Å². The van der Waals surface area contributed by atoms with Gasteiger partial charge >= 0.3 is 0 Å². The number of aromatic amines is 1. The molecule has 1 heterocycles. The van der Waals surface area contributed by atoms with E-state index in [1.165, 1.54) is 18.2 Å². The summed E-state index contributed by atoms with van der Waals surface area (Å²) >= 11 is 0. The number of sulfone groups is 1. The normalized spacial score (nSPS) is 12.1. The zero-order valence-electron chi connectivity index (χ0n) is 7.41. The molecule has 0 aliphatic carbocycles. The van der Waals surface area contributed by atoms with Crippen LogP contribution in [0.15, 0.2) is 29.2 Å². The first kappa shape index (κ1) is 9.21. The molecular weight excluding hydrogens is 205 g/mol. The van der Waals surface area contributed by atoms with Crippen molar-refractivity contribution in [3.05, 3.63) is 30.2 Å². The average molecular weight is 213 g/mol. The van der Waals surface area contributed by atoms with Gasteiger partial charge in [0.05, 0.1) is 4.90 Å². The minimum Gasteiger partial charge on any atom is -0.331 e. The second kappa shape index (κ2) is 2.81. The van der Waals surface area contributed by atoms with Crippen LogP contribution in [0.1, 0.15) is 0 Å². The number of benzene rings is 1. The lowest BCUT2D eigenvalue weighted by atomic mass is 10.2. The van der Waals surface area contributed by atoms with E-state index in [2.05, 4.69) is 4.98 Å². The van der Waals surface area contributed by atoms with Crippen molar-refractivity contribution < 1.29 is 12.8 Å². The fourth-order valence-electron chi connectivity index (χ4n) is 1.31. The zero-order chi connectivity index (χ0) is 10.3. The lowest BCUT2D eigenvalue weighted by molar-refractivity contribution is 0.594. The van der Waals surface area contributed by atoms with Gasteiger partial charge in [-0.3, -0.25) is 0 Å². The molecule has 1 N–H and O–H groups in total. The van der Waals surface area contributed by atoms with Crippen LogP contribution < -0.4 is 0 Å². The summed E-state index contributed by atoms with van der Waals surface area (Å²) in [5.74, 6) is -0.467. The summed E-state index contributed by atoms with van der Waals surface area (Å²) in [5, 5.41) is 0.561. The van der Waals surface area contributed by atoms with Crippen molar-refractivity contribution >= 4 is 20.7 Å². The highest BCUT2D eigenvalue weighted by molar-refractivity contribution is 7.90. The Labute approximate surface area is 80.5 Å². The predicted octanol–water partition coefficient (Wildman–Crippen LogP) is 1.71. The van der Waals surface area contributed by atoms with Gasteiger partial charge in [0.1, 0.15) is 0 Å². The van der Waals surface area contributed by atoms with Gasteiger partial charge < -0.3 is 4.98 Å². The van der Waals surface area contributed by atoms with Crippen LogP contribution in [0.5, 0.6) is 0 Å². The molecule has 0 fully saturated rings. The first-order valence-corrected chi connectivity index (χ1v) is 5.84. The van der Waals surface area contributed by atoms with Gasteiger partial charge in [-0.05, 0) is 18.2 Å². The molecule has 0 amide bonds. The molecule has 0 saturated carbocycles. The molecular formula is C9H8FNO2S. The van der Waals surface area contributed by atoms with E-state index in [-0.39, 0.29) is 4.90 Å². The Balaban J connectivity index is 2.74. The summed E-state index contributed by atoms with van der Waals surface area (Å²) in [6.45, 7) is 0. The van der Waals surface area contributed by atoms with Crippen molar-refractivity contribution in [3.8, 4) is 0 Å². The molecule has 0 radical (unpaired) electrons. The molecule has 14 heavy (non-hydrogen) atoms. The highest BCUT2D eigenvalue weighted by Gasteiger charge is 2.08. The van der Waals surface area contributed by atoms with Crippen LogP contribution in [0.2, 0.25) is 0 Å². The van der Waals surface area contributed by atoms with Crippen molar-refractivity contribution in [3.63, 3.8) is 0 Å². The van der Waals surface area contributed by atoms with Crippen LogP contribution in [0.3, 0.4) is 0 Å². The third-order valence-corrected chi connectivity index (χ3v) is 3.10. The molecule has 0 bridgehead atoms. The van der Waals surface area contributed by atoms with Gasteiger partial charge in [0.25, 0.3) is 0 Å². The van der Waals surface area contributed by atoms with Crippen molar-refractivity contribution in [2.24, 2.45) is 0 Å². The minimum atomic E-state index is -3.22. The largest absolute Gasteiger partial charge is 0.331 e. The fourth-order valence-corrected chi connectivity index (χ4v) is 1.96. The van der Waals surface area contributed by atoms with E-state index in [0.717, 1.165) is 6.26 Å². The Bertz CT molecular complexity index is 586. The van der Waals surface area contributed by atoms with Crippen LogP contribution in [0, 0.1) is 5.95 Å². The summed E-state index contributed by atoms with van der Waals surface area (Å²) in [4.78, 5) is 2.67. The van der Waals surface area contributed by atoms with Crippen molar-refractivity contribution in [1.29, 1.82) is 0 Å². The van der Waals surface area contributed by atoms with Crippen molar-refractivity contribution in [1.82, 2.24) is 4.98 Å². The van der Waals surface area contributed by atoms with Gasteiger partial charge in [-0.1, -0.05) is 0 Å². The van der Waals surface area contributed by atoms with Gasteiger partial charge in [0.2, 0.25) is 0 Å². The number of rotatable bonds is 1. The second-order valence-electron chi connectivity index (χ2n) is 3.14. The first-order valence-electron chi connectivity index (χ1n) is 3.95. The number of fused-ring (bicyclic) bond motifs is 1. The summed E-state index contributed by atoms with van der Waals surface area (Å²) in [5.41, 5.74) is 0.593. The molecule has 2 aromatic rings. The molecule has 0 unspecified atom stereocenters. The Hall–Kier alpha value is -1.36. The van der Waals surface area contributed by atoms with Gasteiger partial charge in [-0.25, -0.2) is 8.42 Å². The highest BCUT2D eigenvalue weighted by Crippen LogP contribution is 2.19. The number of aromatic nitrogens is 1. The van der Waals surface area contributed by atoms with Crippen LogP contribution in [-0.2, 0) is 9.84 Å². The molecule has 1 aromatic carbocycles. The van der Waals surface area contributed by atoms with Gasteiger partial charge in [0, 0.05) is 23.2 Å². The monoisotopic (exact) mass is 213 g/mol. The Morgan fingerprint density at radius 2 is 2.00 bits per heavy atom.